The Hall–Kier alpha value is -1.80. The SMILES string of the molecule is Cc1ccccc1N1C(C2CCCC2)N2C(c3ccccc3C2(C)C)[C@@H]1C. The number of anilines is 1. The summed E-state index contributed by atoms with van der Waals surface area (Å²) < 4.78 is 0. The molecule has 2 unspecified atom stereocenters. The molecule has 0 N–H and O–H groups in total. The first kappa shape index (κ1) is 17.3. The molecule has 3 atom stereocenters. The molecule has 2 aromatic rings. The molecule has 0 amide bonds. The van der Waals surface area contributed by atoms with Crippen molar-refractivity contribution in [2.24, 2.45) is 5.92 Å². The number of rotatable bonds is 2. The Labute approximate surface area is 164 Å². The fourth-order valence-corrected chi connectivity index (χ4v) is 6.39. The monoisotopic (exact) mass is 360 g/mol. The van der Waals surface area contributed by atoms with E-state index in [1.807, 2.05) is 0 Å². The van der Waals surface area contributed by atoms with Crippen LogP contribution in [-0.2, 0) is 5.54 Å². The van der Waals surface area contributed by atoms with Crippen LogP contribution in [-0.4, -0.2) is 17.1 Å². The van der Waals surface area contributed by atoms with Crippen LogP contribution in [0.25, 0.3) is 0 Å². The van der Waals surface area contributed by atoms with Crippen LogP contribution < -0.4 is 4.90 Å². The molecule has 0 bridgehead atoms. The first-order valence-corrected chi connectivity index (χ1v) is 10.7. The van der Waals surface area contributed by atoms with Gasteiger partial charge < -0.3 is 4.90 Å². The molecule has 1 aliphatic carbocycles. The van der Waals surface area contributed by atoms with Gasteiger partial charge in [0.2, 0.25) is 0 Å². The van der Waals surface area contributed by atoms with Crippen molar-refractivity contribution in [3.8, 4) is 0 Å². The van der Waals surface area contributed by atoms with Gasteiger partial charge in [0.15, 0.2) is 0 Å². The number of hydrogen-bond donors (Lipinski definition) is 0. The summed E-state index contributed by atoms with van der Waals surface area (Å²) in [5.74, 6) is 0.769. The largest absolute Gasteiger partial charge is 0.351 e. The molecule has 2 aliphatic heterocycles. The summed E-state index contributed by atoms with van der Waals surface area (Å²) in [5.41, 5.74) is 6.01. The van der Waals surface area contributed by atoms with Crippen molar-refractivity contribution in [1.29, 1.82) is 0 Å². The molecule has 1 saturated heterocycles. The van der Waals surface area contributed by atoms with Crippen molar-refractivity contribution in [2.75, 3.05) is 4.90 Å². The summed E-state index contributed by atoms with van der Waals surface area (Å²) in [6.45, 7) is 9.62. The maximum Gasteiger partial charge on any atom is 0.0865 e. The molecule has 2 heteroatoms. The van der Waals surface area contributed by atoms with Crippen LogP contribution in [0.5, 0.6) is 0 Å². The third kappa shape index (κ3) is 2.35. The van der Waals surface area contributed by atoms with Crippen molar-refractivity contribution in [2.45, 2.75) is 77.2 Å². The van der Waals surface area contributed by atoms with Crippen molar-refractivity contribution < 1.29 is 0 Å². The van der Waals surface area contributed by atoms with Gasteiger partial charge in [-0.3, -0.25) is 4.90 Å². The molecule has 2 heterocycles. The van der Waals surface area contributed by atoms with Gasteiger partial charge in [0.1, 0.15) is 0 Å². The molecular weight excluding hydrogens is 328 g/mol. The standard InChI is InChI=1S/C25H32N2/c1-17-11-5-10-16-22(17)26-18(2)23-20-14-8-9-15-21(20)25(3,4)27(23)24(26)19-12-6-7-13-19/h5,8-11,14-16,18-19,23-24H,6-7,12-13H2,1-4H3/t18-,23?,24?/m0/s1. The summed E-state index contributed by atoms with van der Waals surface area (Å²) in [6, 6.07) is 19.2. The summed E-state index contributed by atoms with van der Waals surface area (Å²) in [7, 11) is 0. The molecule has 5 rings (SSSR count). The summed E-state index contributed by atoms with van der Waals surface area (Å²) >= 11 is 0. The van der Waals surface area contributed by atoms with Crippen LogP contribution in [0, 0.1) is 12.8 Å². The second-order valence-corrected chi connectivity index (χ2v) is 9.39. The van der Waals surface area contributed by atoms with E-state index in [0.29, 0.717) is 18.2 Å². The van der Waals surface area contributed by atoms with E-state index in [4.69, 9.17) is 0 Å². The lowest BCUT2D eigenvalue weighted by molar-refractivity contribution is 0.0560. The zero-order valence-corrected chi connectivity index (χ0v) is 17.2. The highest BCUT2D eigenvalue weighted by Crippen LogP contribution is 2.57. The molecule has 0 aromatic heterocycles. The molecule has 0 radical (unpaired) electrons. The summed E-state index contributed by atoms with van der Waals surface area (Å²) in [5, 5.41) is 0. The van der Waals surface area contributed by atoms with Gasteiger partial charge >= 0.3 is 0 Å². The maximum absolute atomic E-state index is 2.88. The van der Waals surface area contributed by atoms with E-state index in [0.717, 1.165) is 5.92 Å². The smallest absolute Gasteiger partial charge is 0.0865 e. The first-order valence-electron chi connectivity index (χ1n) is 10.7. The number of nitrogens with zero attached hydrogens (tertiary/aromatic N) is 2. The molecular formula is C25H32N2. The van der Waals surface area contributed by atoms with Crippen LogP contribution in [0.4, 0.5) is 5.69 Å². The van der Waals surface area contributed by atoms with Gasteiger partial charge in [-0.2, -0.15) is 0 Å². The van der Waals surface area contributed by atoms with Crippen LogP contribution in [0.1, 0.15) is 69.2 Å². The quantitative estimate of drug-likeness (QED) is 0.647. The minimum absolute atomic E-state index is 0.0835. The number of hydrogen-bond acceptors (Lipinski definition) is 2. The second-order valence-electron chi connectivity index (χ2n) is 9.39. The van der Waals surface area contributed by atoms with Gasteiger partial charge in [0.05, 0.1) is 12.2 Å². The Morgan fingerprint density at radius 3 is 2.33 bits per heavy atom. The molecule has 2 fully saturated rings. The highest BCUT2D eigenvalue weighted by Gasteiger charge is 2.58. The van der Waals surface area contributed by atoms with E-state index in [1.165, 1.54) is 42.5 Å². The molecule has 2 aromatic carbocycles. The van der Waals surface area contributed by atoms with Crippen LogP contribution in [0.3, 0.4) is 0 Å². The van der Waals surface area contributed by atoms with Crippen molar-refractivity contribution in [1.82, 2.24) is 4.90 Å². The van der Waals surface area contributed by atoms with Crippen LogP contribution in [0.2, 0.25) is 0 Å². The van der Waals surface area contributed by atoms with Gasteiger partial charge in [-0.05, 0) is 69.2 Å². The van der Waals surface area contributed by atoms with E-state index >= 15 is 0 Å². The second kappa shape index (κ2) is 6.10. The zero-order valence-electron chi connectivity index (χ0n) is 17.2. The Morgan fingerprint density at radius 1 is 0.926 bits per heavy atom. The predicted octanol–water partition coefficient (Wildman–Crippen LogP) is 6.01. The fraction of sp³-hybridized carbons (Fsp3) is 0.520. The van der Waals surface area contributed by atoms with E-state index < -0.39 is 0 Å². The highest BCUT2D eigenvalue weighted by molar-refractivity contribution is 5.58. The number of aryl methyl sites for hydroxylation is 1. The van der Waals surface area contributed by atoms with E-state index in [1.54, 1.807) is 5.56 Å². The van der Waals surface area contributed by atoms with Gasteiger partial charge in [-0.25, -0.2) is 0 Å². The van der Waals surface area contributed by atoms with Gasteiger partial charge in [-0.1, -0.05) is 55.3 Å². The molecule has 1 saturated carbocycles. The maximum atomic E-state index is 2.88. The van der Waals surface area contributed by atoms with E-state index in [2.05, 4.69) is 86.0 Å². The average Bonchev–Trinajstić information content (AvgIpc) is 3.33. The normalized spacial score (nSPS) is 29.9. The third-order valence-electron chi connectivity index (χ3n) is 7.56. The van der Waals surface area contributed by atoms with Crippen molar-refractivity contribution in [3.63, 3.8) is 0 Å². The lowest BCUT2D eigenvalue weighted by Gasteiger charge is -2.43. The number of benzene rings is 2. The average molecular weight is 361 g/mol. The topological polar surface area (TPSA) is 6.48 Å². The predicted molar refractivity (Wildman–Crippen MR) is 113 cm³/mol. The molecule has 142 valence electrons. The Bertz CT molecular complexity index is 849. The third-order valence-corrected chi connectivity index (χ3v) is 7.56. The minimum atomic E-state index is 0.0835. The van der Waals surface area contributed by atoms with Gasteiger partial charge in [0, 0.05) is 17.3 Å². The minimum Gasteiger partial charge on any atom is -0.351 e. The Kier molecular flexibility index (Phi) is 3.91. The lowest BCUT2D eigenvalue weighted by atomic mass is 9.90. The Balaban J connectivity index is 1.69. The van der Waals surface area contributed by atoms with E-state index in [-0.39, 0.29) is 5.54 Å². The van der Waals surface area contributed by atoms with Gasteiger partial charge in [0.25, 0.3) is 0 Å². The van der Waals surface area contributed by atoms with Crippen molar-refractivity contribution in [3.05, 3.63) is 65.2 Å². The molecule has 3 aliphatic rings. The van der Waals surface area contributed by atoms with Crippen LogP contribution in [0.15, 0.2) is 48.5 Å². The lowest BCUT2D eigenvalue weighted by Crippen LogP contribution is -2.50. The molecule has 27 heavy (non-hydrogen) atoms. The first-order chi connectivity index (χ1) is 13.0. The highest BCUT2D eigenvalue weighted by atomic mass is 15.5. The van der Waals surface area contributed by atoms with Crippen LogP contribution >= 0.6 is 0 Å². The van der Waals surface area contributed by atoms with Crippen molar-refractivity contribution >= 4 is 5.69 Å². The van der Waals surface area contributed by atoms with Gasteiger partial charge in [-0.15, -0.1) is 0 Å². The van der Waals surface area contributed by atoms with E-state index in [9.17, 15) is 0 Å². The number of fused-ring (bicyclic) bond motifs is 3. The summed E-state index contributed by atoms with van der Waals surface area (Å²) in [6.07, 6.45) is 6.02. The number of para-hydroxylation sites is 1. The summed E-state index contributed by atoms with van der Waals surface area (Å²) in [4.78, 5) is 5.67. The molecule has 0 spiro atoms. The molecule has 2 nitrogen and oxygen atoms in total. The zero-order chi connectivity index (χ0) is 18.8. The Morgan fingerprint density at radius 2 is 1.59 bits per heavy atom. The fourth-order valence-electron chi connectivity index (χ4n) is 6.39.